The molecule has 2 aromatic carbocycles. The van der Waals surface area contributed by atoms with Crippen LogP contribution in [0.15, 0.2) is 60.7 Å². The highest BCUT2D eigenvalue weighted by atomic mass is 16.5. The van der Waals surface area contributed by atoms with Crippen LogP contribution in [0.25, 0.3) is 0 Å². The third kappa shape index (κ3) is 2.32. The van der Waals surface area contributed by atoms with Crippen LogP contribution >= 0.6 is 0 Å². The summed E-state index contributed by atoms with van der Waals surface area (Å²) >= 11 is 0. The van der Waals surface area contributed by atoms with Crippen LogP contribution < -0.4 is 0 Å². The molecular formula is C17H17NO2. The first kappa shape index (κ1) is 12.9. The van der Waals surface area contributed by atoms with Gasteiger partial charge in [0.05, 0.1) is 5.92 Å². The van der Waals surface area contributed by atoms with E-state index in [2.05, 4.69) is 12.1 Å². The molecule has 1 heterocycles. The zero-order valence-electron chi connectivity index (χ0n) is 11.1. The molecule has 1 fully saturated rings. The van der Waals surface area contributed by atoms with E-state index in [9.17, 15) is 10.0 Å². The molecule has 2 aromatic rings. The molecule has 2 unspecified atom stereocenters. The van der Waals surface area contributed by atoms with Crippen LogP contribution in [0.1, 0.15) is 29.4 Å². The molecule has 3 rings (SSSR count). The van der Waals surface area contributed by atoms with Crippen molar-refractivity contribution < 1.29 is 10.0 Å². The lowest BCUT2D eigenvalue weighted by atomic mass is 9.77. The highest BCUT2D eigenvalue weighted by Crippen LogP contribution is 2.39. The van der Waals surface area contributed by atoms with E-state index in [4.69, 9.17) is 0 Å². The summed E-state index contributed by atoms with van der Waals surface area (Å²) in [4.78, 5) is 12.4. The van der Waals surface area contributed by atoms with Crippen molar-refractivity contribution >= 4 is 5.91 Å². The summed E-state index contributed by atoms with van der Waals surface area (Å²) in [5, 5.41) is 10.6. The Balaban J connectivity index is 2.01. The summed E-state index contributed by atoms with van der Waals surface area (Å²) in [5.41, 5.74) is 2.12. The number of hydroxylamine groups is 2. The second-order valence-electron chi connectivity index (χ2n) is 5.16. The number of rotatable bonds is 2. The number of nitrogens with zero attached hydrogens (tertiary/aromatic N) is 1. The van der Waals surface area contributed by atoms with E-state index in [1.54, 1.807) is 0 Å². The average molecular weight is 267 g/mol. The van der Waals surface area contributed by atoms with Gasteiger partial charge < -0.3 is 0 Å². The summed E-state index contributed by atoms with van der Waals surface area (Å²) in [7, 11) is 0. The molecule has 1 saturated heterocycles. The zero-order valence-corrected chi connectivity index (χ0v) is 11.1. The highest BCUT2D eigenvalue weighted by Gasteiger charge is 2.37. The Morgan fingerprint density at radius 2 is 1.45 bits per heavy atom. The van der Waals surface area contributed by atoms with Crippen molar-refractivity contribution in [1.29, 1.82) is 0 Å². The molecule has 0 aliphatic carbocycles. The number of piperidine rings is 1. The molecule has 0 saturated carbocycles. The highest BCUT2D eigenvalue weighted by molar-refractivity contribution is 5.84. The van der Waals surface area contributed by atoms with Gasteiger partial charge in [-0.2, -0.15) is 0 Å². The molecular weight excluding hydrogens is 250 g/mol. The summed E-state index contributed by atoms with van der Waals surface area (Å²) in [6.45, 7) is 0.391. The monoisotopic (exact) mass is 267 g/mol. The molecule has 102 valence electrons. The van der Waals surface area contributed by atoms with Gasteiger partial charge in [-0.1, -0.05) is 60.7 Å². The second-order valence-corrected chi connectivity index (χ2v) is 5.16. The van der Waals surface area contributed by atoms with Gasteiger partial charge in [-0.05, 0) is 17.5 Å². The zero-order chi connectivity index (χ0) is 13.9. The summed E-state index contributed by atoms with van der Waals surface area (Å²) < 4.78 is 0. The molecule has 2 atom stereocenters. The van der Waals surface area contributed by atoms with E-state index in [1.807, 2.05) is 48.5 Å². The van der Waals surface area contributed by atoms with Gasteiger partial charge in [0.25, 0.3) is 5.91 Å². The second kappa shape index (κ2) is 5.47. The summed E-state index contributed by atoms with van der Waals surface area (Å²) in [6, 6.07) is 19.8. The van der Waals surface area contributed by atoms with E-state index in [-0.39, 0.29) is 17.7 Å². The molecule has 0 aromatic heterocycles. The van der Waals surface area contributed by atoms with Crippen LogP contribution in [-0.4, -0.2) is 22.7 Å². The van der Waals surface area contributed by atoms with Crippen molar-refractivity contribution in [1.82, 2.24) is 5.06 Å². The summed E-state index contributed by atoms with van der Waals surface area (Å²) in [5.74, 6) is -0.400. The van der Waals surface area contributed by atoms with Crippen LogP contribution in [0.5, 0.6) is 0 Å². The van der Waals surface area contributed by atoms with Gasteiger partial charge in [0, 0.05) is 12.5 Å². The van der Waals surface area contributed by atoms with Crippen molar-refractivity contribution in [2.75, 3.05) is 6.54 Å². The number of hydrogen-bond acceptors (Lipinski definition) is 2. The lowest BCUT2D eigenvalue weighted by molar-refractivity contribution is -0.173. The molecule has 1 N–H and O–H groups in total. The topological polar surface area (TPSA) is 40.5 Å². The number of carbonyl (C=O) groups excluding carboxylic acids is 1. The maximum Gasteiger partial charge on any atom is 0.254 e. The molecule has 1 aliphatic rings. The molecule has 1 amide bonds. The minimum absolute atomic E-state index is 0.120. The predicted molar refractivity (Wildman–Crippen MR) is 76.5 cm³/mol. The molecule has 3 nitrogen and oxygen atoms in total. The Morgan fingerprint density at radius 3 is 2.05 bits per heavy atom. The Labute approximate surface area is 118 Å². The Hall–Kier alpha value is -2.13. The van der Waals surface area contributed by atoms with Crippen molar-refractivity contribution in [2.45, 2.75) is 18.3 Å². The lowest BCUT2D eigenvalue weighted by Crippen LogP contribution is -2.41. The van der Waals surface area contributed by atoms with E-state index >= 15 is 0 Å². The molecule has 0 radical (unpaired) electrons. The van der Waals surface area contributed by atoms with Gasteiger partial charge >= 0.3 is 0 Å². The van der Waals surface area contributed by atoms with Gasteiger partial charge in [-0.15, -0.1) is 0 Å². The third-order valence-corrected chi connectivity index (χ3v) is 3.96. The molecule has 0 bridgehead atoms. The minimum atomic E-state index is -0.308. The van der Waals surface area contributed by atoms with Crippen molar-refractivity contribution in [3.05, 3.63) is 71.8 Å². The first-order valence-electron chi connectivity index (χ1n) is 6.87. The van der Waals surface area contributed by atoms with E-state index in [1.165, 1.54) is 0 Å². The van der Waals surface area contributed by atoms with E-state index in [0.717, 1.165) is 22.6 Å². The predicted octanol–water partition coefficient (Wildman–Crippen LogP) is 3.18. The fraction of sp³-hybridized carbons (Fsp3) is 0.235. The average Bonchev–Trinajstić information content (AvgIpc) is 2.51. The fourth-order valence-corrected chi connectivity index (χ4v) is 2.97. The van der Waals surface area contributed by atoms with Crippen LogP contribution in [0, 0.1) is 0 Å². The van der Waals surface area contributed by atoms with Gasteiger partial charge in [0.2, 0.25) is 0 Å². The van der Waals surface area contributed by atoms with Crippen LogP contribution in [0.4, 0.5) is 0 Å². The fourth-order valence-electron chi connectivity index (χ4n) is 2.97. The smallest absolute Gasteiger partial charge is 0.254 e. The van der Waals surface area contributed by atoms with Crippen LogP contribution in [-0.2, 0) is 4.79 Å². The van der Waals surface area contributed by atoms with Gasteiger partial charge in [0.15, 0.2) is 0 Å². The standard InChI is InChI=1S/C17H17NO2/c19-17-16(14-9-5-2-6-10-14)15(11-12-18(17)20)13-7-3-1-4-8-13/h1-10,15-16,20H,11-12H2. The SMILES string of the molecule is O=C1C(c2ccccc2)C(c2ccccc2)CCN1O. The first-order valence-corrected chi connectivity index (χ1v) is 6.87. The molecule has 1 aliphatic heterocycles. The third-order valence-electron chi connectivity index (χ3n) is 3.96. The Kier molecular flexibility index (Phi) is 3.52. The summed E-state index contributed by atoms with van der Waals surface area (Å²) in [6.07, 6.45) is 0.770. The maximum atomic E-state index is 12.4. The van der Waals surface area contributed by atoms with Crippen molar-refractivity contribution in [2.24, 2.45) is 0 Å². The van der Waals surface area contributed by atoms with Crippen LogP contribution in [0.3, 0.4) is 0 Å². The number of carbonyl (C=O) groups is 1. The maximum absolute atomic E-state index is 12.4. The first-order chi connectivity index (χ1) is 9.77. The van der Waals surface area contributed by atoms with Gasteiger partial charge in [0.1, 0.15) is 0 Å². The largest absolute Gasteiger partial charge is 0.286 e. The molecule has 3 heteroatoms. The van der Waals surface area contributed by atoms with Crippen molar-refractivity contribution in [3.8, 4) is 0 Å². The minimum Gasteiger partial charge on any atom is -0.286 e. The number of benzene rings is 2. The normalized spacial score (nSPS) is 22.9. The Bertz CT molecular complexity index is 582. The molecule has 20 heavy (non-hydrogen) atoms. The van der Waals surface area contributed by atoms with Crippen LogP contribution in [0.2, 0.25) is 0 Å². The lowest BCUT2D eigenvalue weighted by Gasteiger charge is -2.35. The quantitative estimate of drug-likeness (QED) is 0.849. The van der Waals surface area contributed by atoms with E-state index in [0.29, 0.717) is 6.54 Å². The van der Waals surface area contributed by atoms with Crippen molar-refractivity contribution in [3.63, 3.8) is 0 Å². The van der Waals surface area contributed by atoms with Gasteiger partial charge in [-0.3, -0.25) is 10.0 Å². The Morgan fingerprint density at radius 1 is 0.900 bits per heavy atom. The van der Waals surface area contributed by atoms with Gasteiger partial charge in [-0.25, -0.2) is 5.06 Å². The number of hydrogen-bond donors (Lipinski definition) is 1. The van der Waals surface area contributed by atoms with E-state index < -0.39 is 0 Å². The number of amides is 1. The molecule has 0 spiro atoms.